The number of thiol groups is 1. The summed E-state index contributed by atoms with van der Waals surface area (Å²) < 4.78 is 5.39. The largest absolute Gasteiger partial charge is 0.496 e. The van der Waals surface area contributed by atoms with Crippen LogP contribution in [-0.2, 0) is 4.74 Å². The average Bonchev–Trinajstić information content (AvgIpc) is 2.83. The Bertz CT molecular complexity index is 512. The SMILES string of the molecule is Cc1cc(C(=O)S)c(NCC2=CCCO2)cc1N. The predicted octanol–water partition coefficient (Wildman–Crippen LogP) is 2.36. The normalized spacial score (nSPS) is 14.0. The van der Waals surface area contributed by atoms with Crippen molar-refractivity contribution in [3.63, 3.8) is 0 Å². The molecule has 1 aliphatic heterocycles. The zero-order valence-electron chi connectivity index (χ0n) is 10.2. The Balaban J connectivity index is 2.19. The third kappa shape index (κ3) is 2.79. The Hall–Kier alpha value is -1.62. The van der Waals surface area contributed by atoms with Crippen molar-refractivity contribution < 1.29 is 9.53 Å². The lowest BCUT2D eigenvalue weighted by molar-refractivity contribution is 0.109. The van der Waals surface area contributed by atoms with Gasteiger partial charge >= 0.3 is 0 Å². The van der Waals surface area contributed by atoms with Gasteiger partial charge in [0.1, 0.15) is 5.76 Å². The van der Waals surface area contributed by atoms with Crippen molar-refractivity contribution in [1.82, 2.24) is 0 Å². The molecule has 0 unspecified atom stereocenters. The summed E-state index contributed by atoms with van der Waals surface area (Å²) in [6, 6.07) is 3.51. The van der Waals surface area contributed by atoms with E-state index < -0.39 is 0 Å². The van der Waals surface area contributed by atoms with Gasteiger partial charge in [0, 0.05) is 17.8 Å². The van der Waals surface area contributed by atoms with E-state index in [-0.39, 0.29) is 5.12 Å². The Morgan fingerprint density at radius 2 is 2.33 bits per heavy atom. The van der Waals surface area contributed by atoms with Crippen LogP contribution in [0.5, 0.6) is 0 Å². The third-order valence-electron chi connectivity index (χ3n) is 2.87. The van der Waals surface area contributed by atoms with Crippen LogP contribution in [0.4, 0.5) is 11.4 Å². The first-order valence-electron chi connectivity index (χ1n) is 5.77. The number of rotatable bonds is 4. The van der Waals surface area contributed by atoms with Crippen molar-refractivity contribution >= 4 is 29.1 Å². The zero-order chi connectivity index (χ0) is 13.1. The summed E-state index contributed by atoms with van der Waals surface area (Å²) in [6.45, 7) is 3.14. The molecule has 0 aliphatic carbocycles. The van der Waals surface area contributed by atoms with Crippen molar-refractivity contribution in [2.45, 2.75) is 13.3 Å². The van der Waals surface area contributed by atoms with E-state index in [1.807, 2.05) is 13.0 Å². The average molecular weight is 264 g/mol. The van der Waals surface area contributed by atoms with Crippen LogP contribution in [-0.4, -0.2) is 18.3 Å². The van der Waals surface area contributed by atoms with E-state index in [1.54, 1.807) is 12.1 Å². The van der Waals surface area contributed by atoms with E-state index in [0.29, 0.717) is 23.5 Å². The van der Waals surface area contributed by atoms with Gasteiger partial charge in [-0.2, -0.15) is 0 Å². The van der Waals surface area contributed by atoms with E-state index >= 15 is 0 Å². The second-order valence-corrected chi connectivity index (χ2v) is 4.63. The molecule has 1 heterocycles. The van der Waals surface area contributed by atoms with Crippen LogP contribution in [0, 0.1) is 6.92 Å². The zero-order valence-corrected chi connectivity index (χ0v) is 11.1. The summed E-state index contributed by atoms with van der Waals surface area (Å²) in [7, 11) is 0. The Morgan fingerprint density at radius 3 is 2.94 bits per heavy atom. The molecule has 0 fully saturated rings. The second kappa shape index (κ2) is 5.35. The molecule has 0 saturated heterocycles. The van der Waals surface area contributed by atoms with Crippen molar-refractivity contribution in [2.75, 3.05) is 24.2 Å². The van der Waals surface area contributed by atoms with E-state index in [4.69, 9.17) is 10.5 Å². The van der Waals surface area contributed by atoms with Crippen LogP contribution in [0.3, 0.4) is 0 Å². The van der Waals surface area contributed by atoms with Crippen molar-refractivity contribution in [3.05, 3.63) is 35.1 Å². The molecule has 0 atom stereocenters. The number of nitrogen functional groups attached to an aromatic ring is 1. The lowest BCUT2D eigenvalue weighted by Gasteiger charge is -2.13. The lowest BCUT2D eigenvalue weighted by Crippen LogP contribution is -2.09. The molecule has 0 bridgehead atoms. The Morgan fingerprint density at radius 1 is 1.56 bits per heavy atom. The van der Waals surface area contributed by atoms with Gasteiger partial charge in [-0.05, 0) is 30.7 Å². The van der Waals surface area contributed by atoms with Gasteiger partial charge in [0.25, 0.3) is 0 Å². The fourth-order valence-electron chi connectivity index (χ4n) is 1.82. The van der Waals surface area contributed by atoms with Crippen LogP contribution in [0.1, 0.15) is 22.3 Å². The number of nitrogens with two attached hydrogens (primary N) is 1. The Labute approximate surface area is 112 Å². The number of ether oxygens (including phenoxy) is 1. The summed E-state index contributed by atoms with van der Waals surface area (Å²) in [5, 5.41) is 2.89. The second-order valence-electron chi connectivity index (χ2n) is 4.22. The maximum absolute atomic E-state index is 11.5. The number of benzene rings is 1. The molecule has 96 valence electrons. The summed E-state index contributed by atoms with van der Waals surface area (Å²) in [4.78, 5) is 11.5. The van der Waals surface area contributed by atoms with Crippen LogP contribution < -0.4 is 11.1 Å². The monoisotopic (exact) mass is 264 g/mol. The van der Waals surface area contributed by atoms with Gasteiger partial charge in [-0.3, -0.25) is 4.79 Å². The number of anilines is 2. The predicted molar refractivity (Wildman–Crippen MR) is 76.0 cm³/mol. The van der Waals surface area contributed by atoms with Gasteiger partial charge < -0.3 is 15.8 Å². The topological polar surface area (TPSA) is 64.3 Å². The van der Waals surface area contributed by atoms with Crippen LogP contribution in [0.15, 0.2) is 24.0 Å². The first kappa shape index (κ1) is 12.8. The van der Waals surface area contributed by atoms with Crippen molar-refractivity contribution in [1.29, 1.82) is 0 Å². The van der Waals surface area contributed by atoms with Crippen molar-refractivity contribution in [2.24, 2.45) is 0 Å². The highest BCUT2D eigenvalue weighted by Gasteiger charge is 2.12. The number of nitrogens with one attached hydrogen (secondary N) is 1. The molecule has 1 aromatic carbocycles. The van der Waals surface area contributed by atoms with E-state index in [0.717, 1.165) is 24.4 Å². The van der Waals surface area contributed by atoms with Gasteiger partial charge in [0.15, 0.2) is 0 Å². The Kier molecular flexibility index (Phi) is 3.81. The van der Waals surface area contributed by atoms with Crippen LogP contribution in [0.25, 0.3) is 0 Å². The maximum atomic E-state index is 11.5. The summed E-state index contributed by atoms with van der Waals surface area (Å²) >= 11 is 3.88. The highest BCUT2D eigenvalue weighted by atomic mass is 32.1. The molecule has 0 amide bonds. The number of aryl methyl sites for hydroxylation is 1. The molecule has 0 aromatic heterocycles. The molecule has 3 N–H and O–H groups in total. The standard InChI is InChI=1S/C13H16N2O2S/c1-8-5-10(13(16)18)12(6-11(8)14)15-7-9-3-2-4-17-9/h3,5-6,15H,2,4,7,14H2,1H3,(H,16,18). The number of carbonyl (C=O) groups excluding carboxylic acids is 1. The molecule has 1 aromatic rings. The molecule has 18 heavy (non-hydrogen) atoms. The summed E-state index contributed by atoms with van der Waals surface area (Å²) in [6.07, 6.45) is 2.97. The molecule has 0 radical (unpaired) electrons. The number of hydrogen-bond donors (Lipinski definition) is 3. The third-order valence-corrected chi connectivity index (χ3v) is 3.11. The van der Waals surface area contributed by atoms with Crippen LogP contribution >= 0.6 is 12.6 Å². The van der Waals surface area contributed by atoms with Gasteiger partial charge in [-0.25, -0.2) is 0 Å². The van der Waals surface area contributed by atoms with E-state index in [2.05, 4.69) is 17.9 Å². The van der Waals surface area contributed by atoms with Gasteiger partial charge in [-0.1, -0.05) is 0 Å². The summed E-state index contributed by atoms with van der Waals surface area (Å²) in [5.74, 6) is 0.895. The van der Waals surface area contributed by atoms with Crippen LogP contribution in [0.2, 0.25) is 0 Å². The number of hydrogen-bond acceptors (Lipinski definition) is 4. The summed E-state index contributed by atoms with van der Waals surface area (Å²) in [5.41, 5.74) is 8.59. The molecule has 1 aliphatic rings. The minimum Gasteiger partial charge on any atom is -0.496 e. The fourth-order valence-corrected chi connectivity index (χ4v) is 2.01. The number of carbonyl (C=O) groups is 1. The molecule has 2 rings (SSSR count). The smallest absolute Gasteiger partial charge is 0.218 e. The fraction of sp³-hybridized carbons (Fsp3) is 0.308. The minimum absolute atomic E-state index is 0.276. The van der Waals surface area contributed by atoms with Gasteiger partial charge in [0.2, 0.25) is 5.12 Å². The van der Waals surface area contributed by atoms with Crippen molar-refractivity contribution in [3.8, 4) is 0 Å². The van der Waals surface area contributed by atoms with Gasteiger partial charge in [0.05, 0.1) is 18.7 Å². The van der Waals surface area contributed by atoms with E-state index in [9.17, 15) is 4.79 Å². The highest BCUT2D eigenvalue weighted by Crippen LogP contribution is 2.25. The minimum atomic E-state index is -0.276. The van der Waals surface area contributed by atoms with Gasteiger partial charge in [-0.15, -0.1) is 12.6 Å². The molecular formula is C13H16N2O2S. The molecule has 5 heteroatoms. The molecule has 4 nitrogen and oxygen atoms in total. The van der Waals surface area contributed by atoms with E-state index in [1.165, 1.54) is 0 Å². The lowest BCUT2D eigenvalue weighted by atomic mass is 10.1. The molecular weight excluding hydrogens is 248 g/mol. The molecule has 0 spiro atoms. The quantitative estimate of drug-likeness (QED) is 0.577. The maximum Gasteiger partial charge on any atom is 0.218 e. The first-order chi connectivity index (χ1) is 8.58. The first-order valence-corrected chi connectivity index (χ1v) is 6.22. The highest BCUT2D eigenvalue weighted by molar-refractivity contribution is 7.97. The molecule has 0 saturated carbocycles.